The van der Waals surface area contributed by atoms with Gasteiger partial charge in [-0.15, -0.1) is 0 Å². The number of likely N-dealkylation sites (N-methyl/N-ethyl adjacent to an activating group) is 1. The number of aromatic nitrogens is 2. The number of nitrogens with two attached hydrogens (primary N) is 1. The van der Waals surface area contributed by atoms with Crippen molar-refractivity contribution in [2.75, 3.05) is 13.6 Å². The molecular formula is C14H28N4. The van der Waals surface area contributed by atoms with E-state index in [2.05, 4.69) is 57.9 Å². The zero-order valence-electron chi connectivity index (χ0n) is 12.6. The zero-order chi connectivity index (χ0) is 13.9. The van der Waals surface area contributed by atoms with Crippen LogP contribution in [0.3, 0.4) is 0 Å². The Hall–Kier alpha value is -0.870. The van der Waals surface area contributed by atoms with Crippen molar-refractivity contribution in [3.63, 3.8) is 0 Å². The lowest BCUT2D eigenvalue weighted by molar-refractivity contribution is 0.100. The molecular weight excluding hydrogens is 224 g/mol. The smallest absolute Gasteiger partial charge is 0.0538 e. The lowest BCUT2D eigenvalue weighted by Crippen LogP contribution is -2.45. The molecule has 1 unspecified atom stereocenters. The molecule has 1 rings (SSSR count). The van der Waals surface area contributed by atoms with Gasteiger partial charge in [0.2, 0.25) is 0 Å². The van der Waals surface area contributed by atoms with Gasteiger partial charge >= 0.3 is 0 Å². The molecule has 1 aromatic heterocycles. The molecule has 4 heteroatoms. The average molecular weight is 252 g/mol. The van der Waals surface area contributed by atoms with E-state index in [0.29, 0.717) is 12.6 Å². The molecule has 0 saturated carbocycles. The topological polar surface area (TPSA) is 47.1 Å². The highest BCUT2D eigenvalue weighted by Gasteiger charge is 2.28. The van der Waals surface area contributed by atoms with Crippen LogP contribution in [0.1, 0.15) is 58.7 Å². The molecule has 4 nitrogen and oxygen atoms in total. The first-order valence-corrected chi connectivity index (χ1v) is 6.80. The maximum absolute atomic E-state index is 5.96. The molecule has 1 heterocycles. The van der Waals surface area contributed by atoms with Crippen LogP contribution in [0.15, 0.2) is 12.4 Å². The second-order valence-electron chi connectivity index (χ2n) is 5.88. The van der Waals surface area contributed by atoms with E-state index in [1.165, 1.54) is 5.56 Å². The average Bonchev–Trinajstić information content (AvgIpc) is 2.79. The van der Waals surface area contributed by atoms with E-state index in [4.69, 9.17) is 5.73 Å². The Morgan fingerprint density at radius 3 is 2.44 bits per heavy atom. The van der Waals surface area contributed by atoms with Crippen molar-refractivity contribution in [1.29, 1.82) is 0 Å². The van der Waals surface area contributed by atoms with E-state index in [9.17, 15) is 0 Å². The van der Waals surface area contributed by atoms with Gasteiger partial charge in [-0.2, -0.15) is 5.10 Å². The third-order valence-corrected chi connectivity index (χ3v) is 4.05. The van der Waals surface area contributed by atoms with E-state index < -0.39 is 0 Å². The van der Waals surface area contributed by atoms with Gasteiger partial charge in [-0.25, -0.2) is 0 Å². The summed E-state index contributed by atoms with van der Waals surface area (Å²) < 4.78 is 1.99. The number of rotatable bonds is 6. The van der Waals surface area contributed by atoms with Crippen LogP contribution in [-0.2, 0) is 0 Å². The number of hydrogen-bond donors (Lipinski definition) is 1. The van der Waals surface area contributed by atoms with Crippen LogP contribution in [-0.4, -0.2) is 33.8 Å². The van der Waals surface area contributed by atoms with Gasteiger partial charge in [0, 0.05) is 29.9 Å². The van der Waals surface area contributed by atoms with E-state index in [1.807, 2.05) is 10.9 Å². The summed E-state index contributed by atoms with van der Waals surface area (Å²) in [6.07, 6.45) is 5.16. The van der Waals surface area contributed by atoms with E-state index in [-0.39, 0.29) is 11.6 Å². The van der Waals surface area contributed by atoms with Crippen LogP contribution in [0.5, 0.6) is 0 Å². The molecule has 1 atom stereocenters. The molecule has 1 aromatic rings. The second-order valence-corrected chi connectivity index (χ2v) is 5.88. The number of hydrogen-bond acceptors (Lipinski definition) is 3. The maximum atomic E-state index is 5.96. The fraction of sp³-hybridized carbons (Fsp3) is 0.786. The van der Waals surface area contributed by atoms with Crippen LogP contribution in [0, 0.1) is 0 Å². The van der Waals surface area contributed by atoms with Gasteiger partial charge in [-0.3, -0.25) is 9.58 Å². The lowest BCUT2D eigenvalue weighted by Gasteiger charge is -2.40. The third kappa shape index (κ3) is 3.12. The summed E-state index contributed by atoms with van der Waals surface area (Å²) in [5.41, 5.74) is 7.31. The van der Waals surface area contributed by atoms with Crippen molar-refractivity contribution < 1.29 is 0 Å². The molecule has 0 aliphatic rings. The molecule has 2 N–H and O–H groups in total. The molecule has 0 saturated heterocycles. The second kappa shape index (κ2) is 5.85. The molecule has 0 aliphatic carbocycles. The zero-order valence-corrected chi connectivity index (χ0v) is 12.6. The quantitative estimate of drug-likeness (QED) is 0.846. The van der Waals surface area contributed by atoms with Crippen molar-refractivity contribution in [3.05, 3.63) is 18.0 Å². The summed E-state index contributed by atoms with van der Waals surface area (Å²) >= 11 is 0. The predicted molar refractivity (Wildman–Crippen MR) is 76.5 cm³/mol. The highest BCUT2D eigenvalue weighted by molar-refractivity contribution is 5.12. The highest BCUT2D eigenvalue weighted by atomic mass is 15.3. The van der Waals surface area contributed by atoms with Crippen molar-refractivity contribution in [2.45, 2.75) is 58.7 Å². The van der Waals surface area contributed by atoms with E-state index in [1.54, 1.807) is 0 Å². The summed E-state index contributed by atoms with van der Waals surface area (Å²) in [7, 11) is 2.15. The summed E-state index contributed by atoms with van der Waals surface area (Å²) in [5, 5.41) is 4.41. The van der Waals surface area contributed by atoms with Gasteiger partial charge in [0.1, 0.15) is 0 Å². The molecule has 18 heavy (non-hydrogen) atoms. The first kappa shape index (κ1) is 15.2. The van der Waals surface area contributed by atoms with Gasteiger partial charge in [0.25, 0.3) is 0 Å². The van der Waals surface area contributed by atoms with E-state index >= 15 is 0 Å². The number of nitrogens with zero attached hydrogens (tertiary/aromatic N) is 3. The van der Waals surface area contributed by atoms with Gasteiger partial charge in [0.15, 0.2) is 0 Å². The molecule has 0 fully saturated rings. The molecule has 0 aromatic carbocycles. The monoisotopic (exact) mass is 252 g/mol. The van der Waals surface area contributed by atoms with Crippen molar-refractivity contribution in [1.82, 2.24) is 14.7 Å². The summed E-state index contributed by atoms with van der Waals surface area (Å²) in [4.78, 5) is 2.36. The Labute approximate surface area is 111 Å². The van der Waals surface area contributed by atoms with Crippen LogP contribution in [0.4, 0.5) is 0 Å². The molecule has 0 amide bonds. The van der Waals surface area contributed by atoms with Crippen LogP contribution < -0.4 is 5.73 Å². The first-order valence-electron chi connectivity index (χ1n) is 6.80. The normalized spacial score (nSPS) is 14.5. The predicted octanol–water partition coefficient (Wildman–Crippen LogP) is 2.58. The fourth-order valence-electron chi connectivity index (χ4n) is 2.00. The van der Waals surface area contributed by atoms with Crippen molar-refractivity contribution in [2.24, 2.45) is 5.73 Å². The summed E-state index contributed by atoms with van der Waals surface area (Å²) in [5.74, 6) is 0. The molecule has 0 aliphatic heterocycles. The highest BCUT2D eigenvalue weighted by Crippen LogP contribution is 2.28. The minimum absolute atomic E-state index is 0.143. The Balaban J connectivity index is 2.95. The minimum atomic E-state index is 0.143. The summed E-state index contributed by atoms with van der Waals surface area (Å²) in [6, 6.07) is 0.620. The largest absolute Gasteiger partial charge is 0.329 e. The Morgan fingerprint density at radius 1 is 1.44 bits per heavy atom. The minimum Gasteiger partial charge on any atom is -0.329 e. The standard InChI is InChI=1S/C14H28N4/c1-7-14(4,5)17(6)13(8-15)12-9-16-18(10-12)11(2)3/h9-11,13H,7-8,15H2,1-6H3. The molecule has 0 bridgehead atoms. The van der Waals surface area contributed by atoms with Gasteiger partial charge in [-0.05, 0) is 41.2 Å². The fourth-order valence-corrected chi connectivity index (χ4v) is 2.00. The maximum Gasteiger partial charge on any atom is 0.0538 e. The van der Waals surface area contributed by atoms with Gasteiger partial charge in [-0.1, -0.05) is 6.92 Å². The van der Waals surface area contributed by atoms with Crippen molar-refractivity contribution >= 4 is 0 Å². The van der Waals surface area contributed by atoms with Crippen LogP contribution in [0.2, 0.25) is 0 Å². The van der Waals surface area contributed by atoms with E-state index in [0.717, 1.165) is 6.42 Å². The van der Waals surface area contributed by atoms with Crippen LogP contribution >= 0.6 is 0 Å². The van der Waals surface area contributed by atoms with Gasteiger partial charge in [0.05, 0.1) is 12.2 Å². The SMILES string of the molecule is CCC(C)(C)N(C)C(CN)c1cnn(C(C)C)c1. The third-order valence-electron chi connectivity index (χ3n) is 4.05. The summed E-state index contributed by atoms with van der Waals surface area (Å²) in [6.45, 7) is 11.6. The lowest BCUT2D eigenvalue weighted by atomic mass is 9.96. The first-order chi connectivity index (χ1) is 8.33. The Bertz CT molecular complexity index is 368. The molecule has 0 spiro atoms. The Kier molecular flexibility index (Phi) is 4.93. The van der Waals surface area contributed by atoms with Crippen molar-refractivity contribution in [3.8, 4) is 0 Å². The van der Waals surface area contributed by atoms with Gasteiger partial charge < -0.3 is 5.73 Å². The van der Waals surface area contributed by atoms with Crippen LogP contribution in [0.25, 0.3) is 0 Å². The Morgan fingerprint density at radius 2 is 2.06 bits per heavy atom. The molecule has 0 radical (unpaired) electrons. The molecule has 104 valence electrons.